The van der Waals surface area contributed by atoms with Gasteiger partial charge in [-0.25, -0.2) is 0 Å². The summed E-state index contributed by atoms with van der Waals surface area (Å²) in [5.74, 6) is -3.21. The first kappa shape index (κ1) is 29.5. The van der Waals surface area contributed by atoms with Gasteiger partial charge in [0, 0.05) is 26.1 Å². The van der Waals surface area contributed by atoms with E-state index < -0.39 is 41.7 Å². The Morgan fingerprint density at radius 2 is 2.02 bits per heavy atom. The molecule has 0 aromatic heterocycles. The number of likely N-dealkylation sites (tertiary alicyclic amines) is 1. The average molecular weight is 554 g/mol. The van der Waals surface area contributed by atoms with Crippen molar-refractivity contribution >= 4 is 23.7 Å². The number of benzene rings is 1. The lowest BCUT2D eigenvalue weighted by Crippen LogP contribution is -2.56. The Hall–Kier alpha value is -3.50. The molecule has 1 aromatic rings. The lowest BCUT2D eigenvalue weighted by Gasteiger charge is -2.36. The maximum Gasteiger partial charge on any atom is 0.312 e. The van der Waals surface area contributed by atoms with Gasteiger partial charge in [-0.05, 0) is 31.7 Å². The molecule has 3 heterocycles. The van der Waals surface area contributed by atoms with Crippen molar-refractivity contribution in [2.45, 2.75) is 63.0 Å². The Morgan fingerprint density at radius 3 is 2.70 bits per heavy atom. The zero-order valence-corrected chi connectivity index (χ0v) is 23.0. The average Bonchev–Trinajstić information content (AvgIpc) is 3.58. The molecule has 216 valence electrons. The Labute approximate surface area is 235 Å². The van der Waals surface area contributed by atoms with E-state index in [1.165, 1.54) is 4.90 Å². The summed E-state index contributed by atoms with van der Waals surface area (Å²) in [5.41, 5.74) is -0.260. The Bertz CT molecular complexity index is 1130. The molecule has 10 heteroatoms. The molecule has 3 saturated heterocycles. The van der Waals surface area contributed by atoms with Gasteiger partial charge in [-0.15, -0.1) is 13.2 Å². The molecular weight excluding hydrogens is 514 g/mol. The lowest BCUT2D eigenvalue weighted by atomic mass is 9.70. The first-order valence-corrected chi connectivity index (χ1v) is 13.9. The van der Waals surface area contributed by atoms with Gasteiger partial charge in [0.25, 0.3) is 0 Å². The Kier molecular flexibility index (Phi) is 9.42. The van der Waals surface area contributed by atoms with Gasteiger partial charge < -0.3 is 29.7 Å². The summed E-state index contributed by atoms with van der Waals surface area (Å²) in [7, 11) is 0. The number of nitrogens with zero attached hydrogens (tertiary/aromatic N) is 2. The molecule has 3 aliphatic rings. The van der Waals surface area contributed by atoms with Crippen molar-refractivity contribution in [2.75, 3.05) is 26.2 Å². The van der Waals surface area contributed by atoms with E-state index in [2.05, 4.69) is 18.5 Å². The number of hydrogen-bond donors (Lipinski definition) is 2. The molecule has 3 aliphatic heterocycles. The minimum atomic E-state index is -1.18. The maximum atomic E-state index is 14.1. The zero-order valence-electron chi connectivity index (χ0n) is 23.0. The van der Waals surface area contributed by atoms with Crippen LogP contribution < -0.4 is 5.32 Å². The topological polar surface area (TPSA) is 125 Å². The largest absolute Gasteiger partial charge is 0.460 e. The molecule has 0 saturated carbocycles. The van der Waals surface area contributed by atoms with Crippen molar-refractivity contribution in [3.63, 3.8) is 0 Å². The fourth-order valence-corrected chi connectivity index (χ4v) is 6.31. The van der Waals surface area contributed by atoms with Gasteiger partial charge in [-0.2, -0.15) is 0 Å². The molecule has 0 radical (unpaired) electrons. The van der Waals surface area contributed by atoms with Gasteiger partial charge in [-0.1, -0.05) is 42.5 Å². The van der Waals surface area contributed by atoms with Crippen molar-refractivity contribution < 1.29 is 33.8 Å². The van der Waals surface area contributed by atoms with Crippen LogP contribution in [-0.4, -0.2) is 88.7 Å². The van der Waals surface area contributed by atoms with E-state index in [9.17, 15) is 24.3 Å². The van der Waals surface area contributed by atoms with Crippen molar-refractivity contribution in [2.24, 2.45) is 11.8 Å². The summed E-state index contributed by atoms with van der Waals surface area (Å²) in [6, 6.07) is 8.54. The second kappa shape index (κ2) is 12.8. The summed E-state index contributed by atoms with van der Waals surface area (Å²) in [5, 5.41) is 12.5. The fourth-order valence-electron chi connectivity index (χ4n) is 6.31. The molecule has 10 nitrogen and oxygen atoms in total. The van der Waals surface area contributed by atoms with Crippen LogP contribution in [-0.2, 0) is 35.2 Å². The summed E-state index contributed by atoms with van der Waals surface area (Å²) in [6.07, 6.45) is 3.91. The van der Waals surface area contributed by atoms with E-state index in [1.807, 2.05) is 30.3 Å². The first-order valence-electron chi connectivity index (χ1n) is 13.9. The number of carbonyl (C=O) groups is 4. The third kappa shape index (κ3) is 5.69. The number of ether oxygens (including phenoxy) is 2. The van der Waals surface area contributed by atoms with Crippen LogP contribution in [0.2, 0.25) is 0 Å². The standard InChI is InChI=1S/C30H39N3O7/c1-4-6-12-23(35)31-18-20(3)39-29(38)24-22-13-14-30(40-22)25(24)27(36)33(16-17-34)26(30)28(37)32(15-5-2)19-21-10-8-7-9-11-21/h4-5,7-11,20,22,24-26,34H,1-2,6,12-19H2,3H3,(H,31,35)/t20-,22-,24+,25+,26-,30+/m1/s1. The van der Waals surface area contributed by atoms with Crippen LogP contribution in [0.25, 0.3) is 0 Å². The third-order valence-corrected chi connectivity index (χ3v) is 8.00. The van der Waals surface area contributed by atoms with Gasteiger partial charge in [-0.3, -0.25) is 19.2 Å². The SMILES string of the molecule is C=CCCC(=O)NC[C@@H](C)OC(=O)[C@@H]1[C@H]2C(=O)N(CCO)[C@H](C(=O)N(CC=C)Cc3ccccc3)[C@]23CC[C@H]1O3. The van der Waals surface area contributed by atoms with Crippen molar-refractivity contribution in [1.82, 2.24) is 15.1 Å². The molecule has 6 atom stereocenters. The zero-order chi connectivity index (χ0) is 28.9. The molecule has 4 rings (SSSR count). The summed E-state index contributed by atoms with van der Waals surface area (Å²) in [4.78, 5) is 56.3. The number of rotatable bonds is 14. The second-order valence-electron chi connectivity index (χ2n) is 10.7. The molecule has 0 unspecified atom stereocenters. The van der Waals surface area contributed by atoms with Gasteiger partial charge in [0.05, 0.1) is 31.1 Å². The van der Waals surface area contributed by atoms with E-state index in [1.54, 1.807) is 24.0 Å². The van der Waals surface area contributed by atoms with E-state index in [-0.39, 0.29) is 44.0 Å². The molecule has 2 bridgehead atoms. The number of carbonyl (C=O) groups excluding carboxylic acids is 4. The minimum absolute atomic E-state index is 0.0519. The molecule has 2 N–H and O–H groups in total. The van der Waals surface area contributed by atoms with Crippen LogP contribution in [0.5, 0.6) is 0 Å². The number of fused-ring (bicyclic) bond motifs is 1. The highest BCUT2D eigenvalue weighted by Gasteiger charge is 2.75. The number of aliphatic hydroxyl groups is 1. The molecule has 1 spiro atoms. The monoisotopic (exact) mass is 553 g/mol. The maximum absolute atomic E-state index is 14.1. The minimum Gasteiger partial charge on any atom is -0.460 e. The summed E-state index contributed by atoms with van der Waals surface area (Å²) in [6.45, 7) is 9.40. The predicted molar refractivity (Wildman–Crippen MR) is 146 cm³/mol. The fraction of sp³-hybridized carbons (Fsp3) is 0.533. The van der Waals surface area contributed by atoms with Crippen LogP contribution in [0.4, 0.5) is 0 Å². The number of hydrogen-bond acceptors (Lipinski definition) is 7. The Morgan fingerprint density at radius 1 is 1.27 bits per heavy atom. The molecule has 3 fully saturated rings. The van der Waals surface area contributed by atoms with Crippen LogP contribution >= 0.6 is 0 Å². The molecule has 0 aliphatic carbocycles. The smallest absolute Gasteiger partial charge is 0.312 e. The Balaban J connectivity index is 1.54. The first-order chi connectivity index (χ1) is 19.3. The highest BCUT2D eigenvalue weighted by atomic mass is 16.6. The molecular formula is C30H39N3O7. The van der Waals surface area contributed by atoms with Gasteiger partial charge in [0.1, 0.15) is 17.7 Å². The summed E-state index contributed by atoms with van der Waals surface area (Å²) < 4.78 is 12.1. The van der Waals surface area contributed by atoms with E-state index in [4.69, 9.17) is 9.47 Å². The quantitative estimate of drug-likeness (QED) is 0.265. The number of amides is 3. The molecule has 1 aromatic carbocycles. The van der Waals surface area contributed by atoms with Gasteiger partial charge in [0.2, 0.25) is 17.7 Å². The van der Waals surface area contributed by atoms with Gasteiger partial charge in [0.15, 0.2) is 0 Å². The van der Waals surface area contributed by atoms with Crippen LogP contribution in [0.15, 0.2) is 55.6 Å². The highest BCUT2D eigenvalue weighted by Crippen LogP contribution is 2.58. The van der Waals surface area contributed by atoms with E-state index in [0.717, 1.165) is 5.56 Å². The molecule has 40 heavy (non-hydrogen) atoms. The normalized spacial score (nSPS) is 27.1. The third-order valence-electron chi connectivity index (χ3n) is 8.00. The van der Waals surface area contributed by atoms with E-state index >= 15 is 0 Å². The number of aliphatic hydroxyl groups excluding tert-OH is 1. The number of esters is 1. The number of nitrogens with one attached hydrogen (secondary N) is 1. The predicted octanol–water partition coefficient (Wildman–Crippen LogP) is 1.58. The van der Waals surface area contributed by atoms with Crippen LogP contribution in [0.3, 0.4) is 0 Å². The number of β-amino-alcohol motifs (C(OH)–C–C–N with tert-alkyl or cyclic N) is 1. The molecule has 3 amide bonds. The summed E-state index contributed by atoms with van der Waals surface area (Å²) >= 11 is 0. The van der Waals surface area contributed by atoms with Crippen molar-refractivity contribution in [3.05, 3.63) is 61.2 Å². The van der Waals surface area contributed by atoms with Crippen LogP contribution in [0, 0.1) is 11.8 Å². The second-order valence-corrected chi connectivity index (χ2v) is 10.7. The lowest BCUT2D eigenvalue weighted by molar-refractivity contribution is -0.159. The number of allylic oxidation sites excluding steroid dienone is 1. The van der Waals surface area contributed by atoms with Gasteiger partial charge >= 0.3 is 5.97 Å². The highest BCUT2D eigenvalue weighted by molar-refractivity contribution is 5.98. The van der Waals surface area contributed by atoms with E-state index in [0.29, 0.717) is 32.2 Å². The van der Waals surface area contributed by atoms with Crippen LogP contribution in [0.1, 0.15) is 38.2 Å². The van der Waals surface area contributed by atoms with Crippen molar-refractivity contribution in [1.29, 1.82) is 0 Å². The van der Waals surface area contributed by atoms with Crippen molar-refractivity contribution in [3.8, 4) is 0 Å².